The van der Waals surface area contributed by atoms with Crippen LogP contribution in [-0.4, -0.2) is 0 Å². The van der Waals surface area contributed by atoms with Gasteiger partial charge in [-0.05, 0) is 42.3 Å². The van der Waals surface area contributed by atoms with Crippen LogP contribution in [-0.2, 0) is 4.74 Å². The minimum absolute atomic E-state index is 0.452. The molecule has 0 saturated heterocycles. The highest BCUT2D eigenvalue weighted by atomic mass is 16.5. The first-order valence-corrected chi connectivity index (χ1v) is 5.47. The van der Waals surface area contributed by atoms with E-state index < -0.39 is 0 Å². The summed E-state index contributed by atoms with van der Waals surface area (Å²) < 4.78 is 9.39. The van der Waals surface area contributed by atoms with Gasteiger partial charge in [0.2, 0.25) is 0 Å². The van der Waals surface area contributed by atoms with E-state index in [0.29, 0.717) is 11.5 Å². The first-order chi connectivity index (χ1) is 9.21. The van der Waals surface area contributed by atoms with Gasteiger partial charge < -0.3 is 9.47 Å². The van der Waals surface area contributed by atoms with Crippen LogP contribution in [0.4, 0.5) is 0 Å². The SMILES string of the molecule is C=C(/C=C\C(=C/C)OC#N)c1ccc(OC#N)cc1. The van der Waals surface area contributed by atoms with Crippen molar-refractivity contribution >= 4 is 5.57 Å². The Balaban J connectivity index is 2.76. The molecule has 4 heteroatoms. The van der Waals surface area contributed by atoms with Gasteiger partial charge in [-0.2, -0.15) is 0 Å². The molecule has 0 aliphatic heterocycles. The molecule has 0 bridgehead atoms. The van der Waals surface area contributed by atoms with Gasteiger partial charge >= 0.3 is 0 Å². The fourth-order valence-corrected chi connectivity index (χ4v) is 1.31. The second-order valence-electron chi connectivity index (χ2n) is 3.46. The molecule has 19 heavy (non-hydrogen) atoms. The van der Waals surface area contributed by atoms with Crippen LogP contribution < -0.4 is 4.74 Å². The molecule has 0 N–H and O–H groups in total. The Morgan fingerprint density at radius 2 is 1.84 bits per heavy atom. The fraction of sp³-hybridized carbons (Fsp3) is 0.0667. The van der Waals surface area contributed by atoms with Crippen molar-refractivity contribution < 1.29 is 9.47 Å². The van der Waals surface area contributed by atoms with Crippen molar-refractivity contribution in [1.82, 2.24) is 0 Å². The lowest BCUT2D eigenvalue weighted by Gasteiger charge is -2.02. The van der Waals surface area contributed by atoms with Crippen LogP contribution in [0.3, 0.4) is 0 Å². The summed E-state index contributed by atoms with van der Waals surface area (Å²) in [4.78, 5) is 0. The third-order valence-corrected chi connectivity index (χ3v) is 2.29. The number of rotatable bonds is 5. The molecule has 0 saturated carbocycles. The molecule has 0 fully saturated rings. The summed E-state index contributed by atoms with van der Waals surface area (Å²) >= 11 is 0. The molecular formula is C15H12N2O2. The molecule has 0 aliphatic carbocycles. The van der Waals surface area contributed by atoms with Gasteiger partial charge in [0.15, 0.2) is 0 Å². The highest BCUT2D eigenvalue weighted by Crippen LogP contribution is 2.19. The Bertz CT molecular complexity index is 584. The van der Waals surface area contributed by atoms with E-state index in [2.05, 4.69) is 11.3 Å². The van der Waals surface area contributed by atoms with E-state index in [1.54, 1.807) is 61.9 Å². The van der Waals surface area contributed by atoms with Gasteiger partial charge in [-0.15, -0.1) is 10.5 Å². The average Bonchev–Trinajstić information content (AvgIpc) is 2.44. The topological polar surface area (TPSA) is 66.0 Å². The van der Waals surface area contributed by atoms with Crippen LogP contribution in [0.5, 0.6) is 5.75 Å². The Morgan fingerprint density at radius 3 is 2.37 bits per heavy atom. The largest absolute Gasteiger partial charge is 0.388 e. The van der Waals surface area contributed by atoms with E-state index in [1.807, 2.05) is 0 Å². The van der Waals surface area contributed by atoms with Gasteiger partial charge in [-0.25, -0.2) is 0 Å². The van der Waals surface area contributed by atoms with E-state index in [4.69, 9.17) is 15.3 Å². The molecule has 0 amide bonds. The quantitative estimate of drug-likeness (QED) is 0.457. The zero-order chi connectivity index (χ0) is 14.1. The molecule has 1 aromatic rings. The summed E-state index contributed by atoms with van der Waals surface area (Å²) in [5.41, 5.74) is 1.64. The molecule has 0 radical (unpaired) electrons. The standard InChI is InChI=1S/C15H12N2O2/c1-3-14(18-10-16)7-4-12(2)13-5-8-15(9-6-13)19-11-17/h3-9H,2H2,1H3/b7-4-,14-3+. The molecule has 0 spiro atoms. The molecule has 0 aromatic heterocycles. The number of allylic oxidation sites excluding steroid dienone is 4. The summed E-state index contributed by atoms with van der Waals surface area (Å²) in [5, 5.41) is 16.8. The summed E-state index contributed by atoms with van der Waals surface area (Å²) in [5.74, 6) is 0.929. The van der Waals surface area contributed by atoms with Crippen LogP contribution in [0.2, 0.25) is 0 Å². The van der Waals surface area contributed by atoms with Crippen LogP contribution in [0.25, 0.3) is 5.57 Å². The third-order valence-electron chi connectivity index (χ3n) is 2.29. The fourth-order valence-electron chi connectivity index (χ4n) is 1.31. The minimum Gasteiger partial charge on any atom is -0.388 e. The number of benzene rings is 1. The Kier molecular flexibility index (Phi) is 5.46. The van der Waals surface area contributed by atoms with Crippen molar-refractivity contribution in [1.29, 1.82) is 10.5 Å². The lowest BCUT2D eigenvalue weighted by Crippen LogP contribution is -1.84. The lowest BCUT2D eigenvalue weighted by atomic mass is 10.1. The number of ether oxygens (including phenoxy) is 2. The van der Waals surface area contributed by atoms with Crippen molar-refractivity contribution in [2.45, 2.75) is 6.92 Å². The zero-order valence-electron chi connectivity index (χ0n) is 10.5. The van der Waals surface area contributed by atoms with Gasteiger partial charge in [0, 0.05) is 0 Å². The van der Waals surface area contributed by atoms with Gasteiger partial charge in [0.1, 0.15) is 11.5 Å². The van der Waals surface area contributed by atoms with E-state index in [-0.39, 0.29) is 0 Å². The third kappa shape index (κ3) is 4.41. The highest BCUT2D eigenvalue weighted by Gasteiger charge is 1.98. The minimum atomic E-state index is 0.452. The molecule has 0 unspecified atom stereocenters. The highest BCUT2D eigenvalue weighted by molar-refractivity contribution is 5.72. The maximum Gasteiger partial charge on any atom is 0.292 e. The first kappa shape index (κ1) is 14.1. The monoisotopic (exact) mass is 252 g/mol. The van der Waals surface area contributed by atoms with Crippen LogP contribution in [0.1, 0.15) is 12.5 Å². The van der Waals surface area contributed by atoms with Crippen molar-refractivity contribution in [2.24, 2.45) is 0 Å². The second-order valence-corrected chi connectivity index (χ2v) is 3.46. The normalized spacial score (nSPS) is 10.6. The molecule has 1 rings (SSSR count). The van der Waals surface area contributed by atoms with Crippen LogP contribution >= 0.6 is 0 Å². The Labute approximate surface area is 112 Å². The second kappa shape index (κ2) is 7.37. The number of hydrogen-bond acceptors (Lipinski definition) is 4. The van der Waals surface area contributed by atoms with Gasteiger partial charge in [0.05, 0.1) is 0 Å². The average molecular weight is 252 g/mol. The maximum absolute atomic E-state index is 8.42. The molecule has 0 heterocycles. The molecular weight excluding hydrogens is 240 g/mol. The molecule has 0 aliphatic rings. The van der Waals surface area contributed by atoms with E-state index in [1.165, 1.54) is 0 Å². The van der Waals surface area contributed by atoms with Gasteiger partial charge in [0.25, 0.3) is 12.5 Å². The first-order valence-electron chi connectivity index (χ1n) is 5.47. The van der Waals surface area contributed by atoms with Crippen molar-refractivity contribution in [3.63, 3.8) is 0 Å². The van der Waals surface area contributed by atoms with Gasteiger partial charge in [-0.3, -0.25) is 0 Å². The van der Waals surface area contributed by atoms with Crippen LogP contribution in [0.15, 0.2) is 54.8 Å². The molecule has 1 aromatic carbocycles. The van der Waals surface area contributed by atoms with Crippen molar-refractivity contribution in [2.75, 3.05) is 0 Å². The van der Waals surface area contributed by atoms with Crippen LogP contribution in [0, 0.1) is 23.0 Å². The van der Waals surface area contributed by atoms with E-state index in [9.17, 15) is 0 Å². The molecule has 4 nitrogen and oxygen atoms in total. The Morgan fingerprint density at radius 1 is 1.16 bits per heavy atom. The van der Waals surface area contributed by atoms with E-state index in [0.717, 1.165) is 11.1 Å². The maximum atomic E-state index is 8.42. The number of nitrogens with zero attached hydrogens (tertiary/aromatic N) is 2. The Hall–Kier alpha value is -2.98. The smallest absolute Gasteiger partial charge is 0.292 e. The summed E-state index contributed by atoms with van der Waals surface area (Å²) in [6, 6.07) is 6.94. The number of hydrogen-bond donors (Lipinski definition) is 0. The molecule has 0 atom stereocenters. The summed E-state index contributed by atoms with van der Waals surface area (Å²) in [7, 11) is 0. The van der Waals surface area contributed by atoms with Crippen molar-refractivity contribution in [3.05, 3.63) is 60.4 Å². The summed E-state index contributed by atoms with van der Waals surface area (Å²) in [6.45, 7) is 5.68. The zero-order valence-corrected chi connectivity index (χ0v) is 10.5. The summed E-state index contributed by atoms with van der Waals surface area (Å²) in [6.07, 6.45) is 8.29. The molecule has 94 valence electrons. The predicted molar refractivity (Wildman–Crippen MR) is 71.3 cm³/mol. The van der Waals surface area contributed by atoms with Crippen molar-refractivity contribution in [3.8, 4) is 18.3 Å². The lowest BCUT2D eigenvalue weighted by molar-refractivity contribution is 0.392. The predicted octanol–water partition coefficient (Wildman–Crippen LogP) is 3.52. The number of nitriles is 2. The van der Waals surface area contributed by atoms with Gasteiger partial charge in [-0.1, -0.05) is 24.8 Å². The van der Waals surface area contributed by atoms with E-state index >= 15 is 0 Å².